The molecule has 2 aromatic heterocycles. The predicted molar refractivity (Wildman–Crippen MR) is 104 cm³/mol. The SMILES string of the molecule is Cc1c[nH]c(=O)c2c(C(=O)N3CCC(OC4=CCNC=C4)CC3)cn(C)c12. The summed E-state index contributed by atoms with van der Waals surface area (Å²) in [4.78, 5) is 30.0. The minimum Gasteiger partial charge on any atom is -0.491 e. The first-order valence-electron chi connectivity index (χ1n) is 9.28. The molecule has 4 rings (SSSR count). The average Bonchev–Trinajstić information content (AvgIpc) is 3.04. The van der Waals surface area contributed by atoms with E-state index in [-0.39, 0.29) is 17.6 Å². The van der Waals surface area contributed by atoms with Crippen LogP contribution < -0.4 is 10.9 Å². The van der Waals surface area contributed by atoms with Crippen molar-refractivity contribution in [2.75, 3.05) is 19.6 Å². The largest absolute Gasteiger partial charge is 0.491 e. The van der Waals surface area contributed by atoms with Crippen LogP contribution in [0.15, 0.2) is 41.3 Å². The molecule has 4 heterocycles. The van der Waals surface area contributed by atoms with E-state index < -0.39 is 0 Å². The van der Waals surface area contributed by atoms with Gasteiger partial charge in [0.05, 0.1) is 16.5 Å². The number of carbonyl (C=O) groups is 1. The van der Waals surface area contributed by atoms with Gasteiger partial charge in [0, 0.05) is 58.1 Å². The Hall–Kier alpha value is -2.96. The lowest BCUT2D eigenvalue weighted by molar-refractivity contribution is 0.0436. The number of aromatic nitrogens is 2. The molecule has 142 valence electrons. The molecule has 1 amide bonds. The Balaban J connectivity index is 1.49. The Bertz CT molecular complexity index is 991. The number of pyridine rings is 1. The van der Waals surface area contributed by atoms with Gasteiger partial charge >= 0.3 is 0 Å². The number of H-pyrrole nitrogens is 1. The zero-order chi connectivity index (χ0) is 19.0. The van der Waals surface area contributed by atoms with E-state index in [0.717, 1.165) is 36.2 Å². The summed E-state index contributed by atoms with van der Waals surface area (Å²) in [5, 5.41) is 3.57. The molecule has 27 heavy (non-hydrogen) atoms. The van der Waals surface area contributed by atoms with Crippen LogP contribution in [0, 0.1) is 6.92 Å². The van der Waals surface area contributed by atoms with Crippen LogP contribution >= 0.6 is 0 Å². The van der Waals surface area contributed by atoms with Gasteiger partial charge in [0.1, 0.15) is 11.9 Å². The van der Waals surface area contributed by atoms with E-state index in [0.29, 0.717) is 24.0 Å². The molecular formula is C20H24N4O3. The molecule has 1 fully saturated rings. The molecule has 2 aromatic rings. The van der Waals surface area contributed by atoms with Crippen molar-refractivity contribution in [2.24, 2.45) is 7.05 Å². The van der Waals surface area contributed by atoms with E-state index in [1.165, 1.54) is 0 Å². The fraction of sp³-hybridized carbons (Fsp3) is 0.400. The van der Waals surface area contributed by atoms with E-state index in [4.69, 9.17) is 4.74 Å². The summed E-state index contributed by atoms with van der Waals surface area (Å²) in [6.07, 6.45) is 11.0. The molecule has 1 saturated heterocycles. The first-order valence-corrected chi connectivity index (χ1v) is 9.28. The normalized spacial score (nSPS) is 17.7. The Labute approximate surface area is 157 Å². The van der Waals surface area contributed by atoms with Gasteiger partial charge in [0.15, 0.2) is 0 Å². The molecule has 0 atom stereocenters. The molecule has 2 aliphatic heterocycles. The van der Waals surface area contributed by atoms with E-state index in [1.807, 2.05) is 41.8 Å². The van der Waals surface area contributed by atoms with Crippen LogP contribution in [0.3, 0.4) is 0 Å². The number of amides is 1. The van der Waals surface area contributed by atoms with Gasteiger partial charge in [-0.2, -0.15) is 0 Å². The molecular weight excluding hydrogens is 344 g/mol. The molecule has 0 aliphatic carbocycles. The molecule has 0 radical (unpaired) electrons. The maximum Gasteiger partial charge on any atom is 0.258 e. The number of hydrogen-bond acceptors (Lipinski definition) is 4. The highest BCUT2D eigenvalue weighted by Crippen LogP contribution is 2.24. The highest BCUT2D eigenvalue weighted by Gasteiger charge is 2.28. The number of nitrogens with one attached hydrogen (secondary N) is 2. The minimum absolute atomic E-state index is 0.0869. The first-order chi connectivity index (χ1) is 13.0. The van der Waals surface area contributed by atoms with Gasteiger partial charge in [-0.25, -0.2) is 0 Å². The summed E-state index contributed by atoms with van der Waals surface area (Å²) in [6, 6.07) is 0. The fourth-order valence-electron chi connectivity index (χ4n) is 3.87. The monoisotopic (exact) mass is 368 g/mol. The van der Waals surface area contributed by atoms with Gasteiger partial charge in [-0.05, 0) is 24.6 Å². The van der Waals surface area contributed by atoms with Gasteiger partial charge < -0.3 is 24.5 Å². The van der Waals surface area contributed by atoms with E-state index in [2.05, 4.69) is 10.3 Å². The van der Waals surface area contributed by atoms with Crippen LogP contribution in [0.5, 0.6) is 0 Å². The van der Waals surface area contributed by atoms with Gasteiger partial charge in [-0.15, -0.1) is 0 Å². The summed E-state index contributed by atoms with van der Waals surface area (Å²) in [7, 11) is 1.87. The smallest absolute Gasteiger partial charge is 0.258 e. The van der Waals surface area contributed by atoms with E-state index >= 15 is 0 Å². The maximum absolute atomic E-state index is 13.1. The lowest BCUT2D eigenvalue weighted by Gasteiger charge is -2.32. The molecule has 2 aliphatic rings. The number of fused-ring (bicyclic) bond motifs is 1. The summed E-state index contributed by atoms with van der Waals surface area (Å²) in [5.41, 5.74) is 2.01. The highest BCUT2D eigenvalue weighted by molar-refractivity contribution is 6.07. The Morgan fingerprint density at radius 3 is 2.78 bits per heavy atom. The van der Waals surface area contributed by atoms with E-state index in [1.54, 1.807) is 12.4 Å². The number of nitrogens with zero attached hydrogens (tertiary/aromatic N) is 2. The lowest BCUT2D eigenvalue weighted by Crippen LogP contribution is -2.41. The molecule has 0 bridgehead atoms. The van der Waals surface area contributed by atoms with Crippen molar-refractivity contribution in [3.05, 3.63) is 58.0 Å². The van der Waals surface area contributed by atoms with Crippen LogP contribution in [0.2, 0.25) is 0 Å². The first kappa shape index (κ1) is 17.5. The average molecular weight is 368 g/mol. The van der Waals surface area contributed by atoms with Crippen LogP contribution in [0.25, 0.3) is 10.9 Å². The van der Waals surface area contributed by atoms with Crippen LogP contribution in [0.4, 0.5) is 0 Å². The third-order valence-electron chi connectivity index (χ3n) is 5.25. The Kier molecular flexibility index (Phi) is 4.51. The summed E-state index contributed by atoms with van der Waals surface area (Å²) >= 11 is 0. The quantitative estimate of drug-likeness (QED) is 0.866. The van der Waals surface area contributed by atoms with Crippen LogP contribution in [-0.4, -0.2) is 46.1 Å². The van der Waals surface area contributed by atoms with Crippen molar-refractivity contribution in [3.8, 4) is 0 Å². The molecule has 0 saturated carbocycles. The number of dihydropyridines is 1. The zero-order valence-electron chi connectivity index (χ0n) is 15.6. The number of allylic oxidation sites excluding steroid dienone is 1. The minimum atomic E-state index is -0.220. The molecule has 2 N–H and O–H groups in total. The topological polar surface area (TPSA) is 79.4 Å². The van der Waals surface area contributed by atoms with Gasteiger partial charge in [-0.3, -0.25) is 9.59 Å². The number of piperidine rings is 1. The van der Waals surface area contributed by atoms with Crippen molar-refractivity contribution in [3.63, 3.8) is 0 Å². The predicted octanol–water partition coefficient (Wildman–Crippen LogP) is 1.80. The third kappa shape index (κ3) is 3.25. The lowest BCUT2D eigenvalue weighted by atomic mass is 10.1. The second-order valence-electron chi connectivity index (χ2n) is 7.14. The number of carbonyl (C=O) groups excluding carboxylic acids is 1. The van der Waals surface area contributed by atoms with Crippen molar-refractivity contribution in [2.45, 2.75) is 25.9 Å². The Morgan fingerprint density at radius 2 is 2.07 bits per heavy atom. The van der Waals surface area contributed by atoms with Crippen molar-refractivity contribution < 1.29 is 9.53 Å². The maximum atomic E-state index is 13.1. The number of ether oxygens (including phenoxy) is 1. The second kappa shape index (κ2) is 6.98. The summed E-state index contributed by atoms with van der Waals surface area (Å²) < 4.78 is 7.87. The van der Waals surface area contributed by atoms with Gasteiger partial charge in [-0.1, -0.05) is 0 Å². The Morgan fingerprint density at radius 1 is 1.30 bits per heavy atom. The summed E-state index contributed by atoms with van der Waals surface area (Å²) in [5.74, 6) is 0.797. The molecule has 0 unspecified atom stereocenters. The molecule has 7 nitrogen and oxygen atoms in total. The number of aromatic amines is 1. The summed E-state index contributed by atoms with van der Waals surface area (Å²) in [6.45, 7) is 3.95. The molecule has 7 heteroatoms. The number of rotatable bonds is 3. The number of hydrogen-bond donors (Lipinski definition) is 2. The number of aryl methyl sites for hydroxylation is 2. The standard InChI is InChI=1S/C20H24N4O3/c1-13-11-22-19(25)17-16(12-23(2)18(13)17)20(26)24-9-5-15(6-10-24)27-14-3-7-21-8-4-14/h3-4,7,11-12,15,21H,5-6,8-10H2,1-2H3,(H,22,25). The zero-order valence-corrected chi connectivity index (χ0v) is 15.6. The van der Waals surface area contributed by atoms with E-state index in [9.17, 15) is 9.59 Å². The van der Waals surface area contributed by atoms with Crippen molar-refractivity contribution in [1.82, 2.24) is 19.8 Å². The van der Waals surface area contributed by atoms with Crippen molar-refractivity contribution in [1.29, 1.82) is 0 Å². The van der Waals surface area contributed by atoms with Crippen LogP contribution in [0.1, 0.15) is 28.8 Å². The molecule has 0 aromatic carbocycles. The van der Waals surface area contributed by atoms with Gasteiger partial charge in [0.25, 0.3) is 11.5 Å². The fourth-order valence-corrected chi connectivity index (χ4v) is 3.87. The van der Waals surface area contributed by atoms with Crippen molar-refractivity contribution >= 4 is 16.8 Å². The van der Waals surface area contributed by atoms with Crippen LogP contribution in [-0.2, 0) is 11.8 Å². The second-order valence-corrected chi connectivity index (χ2v) is 7.14. The molecule has 0 spiro atoms. The number of likely N-dealkylation sites (tertiary alicyclic amines) is 1. The highest BCUT2D eigenvalue weighted by atomic mass is 16.5. The third-order valence-corrected chi connectivity index (χ3v) is 5.25. The van der Waals surface area contributed by atoms with Gasteiger partial charge in [0.2, 0.25) is 0 Å².